The number of ether oxygens (including phenoxy) is 1. The van der Waals surface area contributed by atoms with Crippen molar-refractivity contribution < 1.29 is 17.9 Å². The Kier molecular flexibility index (Phi) is 6.35. The summed E-state index contributed by atoms with van der Waals surface area (Å²) in [6.45, 7) is 3.63. The molecule has 1 saturated carbocycles. The van der Waals surface area contributed by atoms with Crippen LogP contribution in [0.1, 0.15) is 39.5 Å². The summed E-state index contributed by atoms with van der Waals surface area (Å²) in [4.78, 5) is 11.4. The van der Waals surface area contributed by atoms with Gasteiger partial charge in [0.15, 0.2) is 0 Å². The van der Waals surface area contributed by atoms with Gasteiger partial charge in [0.25, 0.3) is 0 Å². The molecule has 0 atom stereocenters. The predicted octanol–water partition coefficient (Wildman–Crippen LogP) is 1.85. The van der Waals surface area contributed by atoms with Crippen LogP contribution in [0.5, 0.6) is 0 Å². The molecule has 1 aliphatic carbocycles. The molecule has 19 heavy (non-hydrogen) atoms. The second-order valence-electron chi connectivity index (χ2n) is 4.80. The topological polar surface area (TPSA) is 75.7 Å². The third-order valence-electron chi connectivity index (χ3n) is 2.86. The molecule has 0 radical (unpaired) electrons. The van der Waals surface area contributed by atoms with Crippen molar-refractivity contribution in [3.63, 3.8) is 0 Å². The molecule has 0 saturated heterocycles. The number of carbonyl (C=O) groups is 1. The molecule has 6 nitrogen and oxygen atoms in total. The highest BCUT2D eigenvalue weighted by atomic mass is 35.5. The molecule has 1 N–H and O–H groups in total. The first-order chi connectivity index (χ1) is 8.86. The number of carbonyl (C=O) groups excluding carboxylic acids is 1. The normalized spacial score (nSPS) is 16.5. The second kappa shape index (κ2) is 7.31. The molecule has 1 fully saturated rings. The summed E-state index contributed by atoms with van der Waals surface area (Å²) in [7, 11) is -3.85. The minimum Gasteiger partial charge on any atom is -0.446 e. The molecule has 0 aromatic rings. The number of halogens is 1. The third-order valence-corrected chi connectivity index (χ3v) is 4.65. The molecule has 1 rings (SSSR count). The smallest absolute Gasteiger partial charge is 0.422 e. The van der Waals surface area contributed by atoms with Gasteiger partial charge in [-0.3, -0.25) is 0 Å². The summed E-state index contributed by atoms with van der Waals surface area (Å²) in [5, 5.41) is 0. The molecule has 1 aliphatic rings. The van der Waals surface area contributed by atoms with Crippen LogP contribution in [0.25, 0.3) is 0 Å². The highest BCUT2D eigenvalue weighted by molar-refractivity contribution is 7.87. The van der Waals surface area contributed by atoms with Crippen LogP contribution in [-0.4, -0.2) is 43.4 Å². The van der Waals surface area contributed by atoms with Crippen LogP contribution in [0, 0.1) is 0 Å². The Labute approximate surface area is 119 Å². The fraction of sp³-hybridized carbons (Fsp3) is 0.909. The molecular weight excluding hydrogens is 292 g/mol. The van der Waals surface area contributed by atoms with E-state index in [0.717, 1.165) is 19.3 Å². The zero-order chi connectivity index (χ0) is 14.5. The van der Waals surface area contributed by atoms with Crippen LogP contribution in [-0.2, 0) is 14.9 Å². The number of hydrogen-bond acceptors (Lipinski definition) is 4. The Balaban J connectivity index is 2.66. The number of nitrogens with one attached hydrogen (secondary N) is 1. The molecule has 112 valence electrons. The van der Waals surface area contributed by atoms with Crippen molar-refractivity contribution in [1.82, 2.24) is 9.03 Å². The minimum atomic E-state index is -3.85. The van der Waals surface area contributed by atoms with Crippen LogP contribution in [0.15, 0.2) is 0 Å². The van der Waals surface area contributed by atoms with Gasteiger partial charge in [-0.2, -0.15) is 12.7 Å². The molecule has 0 aromatic carbocycles. The van der Waals surface area contributed by atoms with E-state index in [-0.39, 0.29) is 12.1 Å². The molecule has 0 heterocycles. The van der Waals surface area contributed by atoms with Crippen molar-refractivity contribution in [2.45, 2.75) is 51.7 Å². The van der Waals surface area contributed by atoms with E-state index in [2.05, 4.69) is 0 Å². The van der Waals surface area contributed by atoms with Crippen LogP contribution in [0.3, 0.4) is 0 Å². The lowest BCUT2D eigenvalue weighted by Crippen LogP contribution is -2.51. The van der Waals surface area contributed by atoms with E-state index in [4.69, 9.17) is 16.3 Å². The molecule has 0 spiro atoms. The number of alkyl halides is 1. The average molecular weight is 313 g/mol. The largest absolute Gasteiger partial charge is 0.446 e. The van der Waals surface area contributed by atoms with Crippen molar-refractivity contribution in [3.8, 4) is 0 Å². The molecule has 0 unspecified atom stereocenters. The quantitative estimate of drug-likeness (QED) is 0.728. The molecule has 0 aromatic heterocycles. The van der Waals surface area contributed by atoms with Crippen molar-refractivity contribution in [3.05, 3.63) is 0 Å². The van der Waals surface area contributed by atoms with Crippen molar-refractivity contribution in [2.24, 2.45) is 0 Å². The Morgan fingerprint density at radius 2 is 2.11 bits per heavy atom. The van der Waals surface area contributed by atoms with Crippen LogP contribution in [0.4, 0.5) is 4.79 Å². The molecule has 1 amide bonds. The first kappa shape index (κ1) is 16.5. The number of amides is 1. The summed E-state index contributed by atoms with van der Waals surface area (Å²) in [6, 6.07) is -0.0347. The zero-order valence-corrected chi connectivity index (χ0v) is 12.8. The van der Waals surface area contributed by atoms with Crippen molar-refractivity contribution in [2.75, 3.05) is 12.4 Å². The first-order valence-electron chi connectivity index (χ1n) is 6.43. The summed E-state index contributed by atoms with van der Waals surface area (Å²) < 4.78 is 32.3. The highest BCUT2D eigenvalue weighted by Gasteiger charge is 2.34. The van der Waals surface area contributed by atoms with Crippen LogP contribution in [0.2, 0.25) is 0 Å². The average Bonchev–Trinajstić information content (AvgIpc) is 2.18. The molecule has 0 bridgehead atoms. The molecular formula is C11H21ClN2O4S. The van der Waals surface area contributed by atoms with E-state index in [9.17, 15) is 13.2 Å². The van der Waals surface area contributed by atoms with Gasteiger partial charge in [0.2, 0.25) is 0 Å². The van der Waals surface area contributed by atoms with Crippen molar-refractivity contribution >= 4 is 27.9 Å². The third kappa shape index (κ3) is 5.16. The monoisotopic (exact) mass is 312 g/mol. The Morgan fingerprint density at radius 1 is 1.47 bits per heavy atom. The van der Waals surface area contributed by atoms with E-state index < -0.39 is 16.3 Å². The van der Waals surface area contributed by atoms with Gasteiger partial charge in [-0.15, -0.1) is 11.6 Å². The SMILES string of the molecule is CC(C)OC(=O)NS(=O)(=O)N(CCCCl)C1CCC1. The van der Waals surface area contributed by atoms with E-state index in [1.165, 1.54) is 4.31 Å². The van der Waals surface area contributed by atoms with Gasteiger partial charge in [0.05, 0.1) is 6.10 Å². The first-order valence-corrected chi connectivity index (χ1v) is 8.40. The highest BCUT2D eigenvalue weighted by Crippen LogP contribution is 2.26. The van der Waals surface area contributed by atoms with Crippen LogP contribution >= 0.6 is 11.6 Å². The lowest BCUT2D eigenvalue weighted by molar-refractivity contribution is 0.120. The van der Waals surface area contributed by atoms with E-state index in [1.807, 2.05) is 4.72 Å². The van der Waals surface area contributed by atoms with Gasteiger partial charge in [-0.05, 0) is 33.1 Å². The Morgan fingerprint density at radius 3 is 2.53 bits per heavy atom. The second-order valence-corrected chi connectivity index (χ2v) is 6.80. The summed E-state index contributed by atoms with van der Waals surface area (Å²) in [5.41, 5.74) is 0. The Bertz CT molecular complexity index is 395. The number of rotatable bonds is 7. The van der Waals surface area contributed by atoms with Crippen LogP contribution < -0.4 is 4.72 Å². The minimum absolute atomic E-state index is 0.0347. The maximum atomic E-state index is 12.1. The van der Waals surface area contributed by atoms with Gasteiger partial charge in [0.1, 0.15) is 0 Å². The van der Waals surface area contributed by atoms with E-state index in [0.29, 0.717) is 18.8 Å². The summed E-state index contributed by atoms with van der Waals surface area (Å²) >= 11 is 5.60. The van der Waals surface area contributed by atoms with Gasteiger partial charge in [0, 0.05) is 18.5 Å². The van der Waals surface area contributed by atoms with Gasteiger partial charge in [-0.25, -0.2) is 9.52 Å². The van der Waals surface area contributed by atoms with Gasteiger partial charge >= 0.3 is 16.3 Å². The lowest BCUT2D eigenvalue weighted by Gasteiger charge is -2.36. The molecule has 0 aliphatic heterocycles. The standard InChI is InChI=1S/C11H21ClN2O4S/c1-9(2)18-11(15)13-19(16,17)14(8-4-7-12)10-5-3-6-10/h9-10H,3-8H2,1-2H3,(H,13,15). The van der Waals surface area contributed by atoms with Crippen molar-refractivity contribution in [1.29, 1.82) is 0 Å². The summed E-state index contributed by atoms with van der Waals surface area (Å²) in [5.74, 6) is 0.384. The lowest BCUT2D eigenvalue weighted by atomic mass is 9.93. The number of nitrogens with zero attached hydrogens (tertiary/aromatic N) is 1. The fourth-order valence-electron chi connectivity index (χ4n) is 1.79. The van der Waals surface area contributed by atoms with E-state index >= 15 is 0 Å². The van der Waals surface area contributed by atoms with E-state index in [1.54, 1.807) is 13.8 Å². The number of hydrogen-bond donors (Lipinski definition) is 1. The fourth-order valence-corrected chi connectivity index (χ4v) is 3.26. The maximum absolute atomic E-state index is 12.1. The van der Waals surface area contributed by atoms with Gasteiger partial charge < -0.3 is 4.74 Å². The Hall–Kier alpha value is -0.530. The zero-order valence-electron chi connectivity index (χ0n) is 11.3. The summed E-state index contributed by atoms with van der Waals surface area (Å²) in [6.07, 6.45) is 1.90. The predicted molar refractivity (Wildman–Crippen MR) is 73.4 cm³/mol. The maximum Gasteiger partial charge on any atom is 0.422 e. The van der Waals surface area contributed by atoms with Gasteiger partial charge in [-0.1, -0.05) is 6.42 Å². The molecule has 8 heteroatoms.